The molecule has 2 aromatic rings. The summed E-state index contributed by atoms with van der Waals surface area (Å²) in [5.74, 6) is 0.709. The van der Waals surface area contributed by atoms with Crippen LogP contribution in [0.15, 0.2) is 39.3 Å². The summed E-state index contributed by atoms with van der Waals surface area (Å²) in [4.78, 5) is 0. The molecule has 0 radical (unpaired) electrons. The number of anilines is 2. The van der Waals surface area contributed by atoms with Gasteiger partial charge in [0, 0.05) is 10.5 Å². The number of hydrogen-bond donors (Lipinski definition) is 1. The van der Waals surface area contributed by atoms with Gasteiger partial charge in [0.05, 0.1) is 39.6 Å². The smallest absolute Gasteiger partial charge is 0.135 e. The Bertz CT molecular complexity index is 698. The van der Waals surface area contributed by atoms with Crippen molar-refractivity contribution in [2.75, 3.05) is 12.4 Å². The molecular weight excluding hydrogens is 407 g/mol. The van der Waals surface area contributed by atoms with Crippen LogP contribution in [0.2, 0.25) is 5.02 Å². The van der Waals surface area contributed by atoms with Gasteiger partial charge in [0.25, 0.3) is 0 Å². The highest BCUT2D eigenvalue weighted by molar-refractivity contribution is 9.11. The SMILES string of the molecule is COc1cc(Nc2ccc(C#N)cc2Cl)c(Br)cc1Br. The maximum atomic E-state index is 8.83. The van der Waals surface area contributed by atoms with Crippen LogP contribution in [0, 0.1) is 11.3 Å². The lowest BCUT2D eigenvalue weighted by molar-refractivity contribution is 0.412. The molecule has 0 aliphatic heterocycles. The lowest BCUT2D eigenvalue weighted by Crippen LogP contribution is -1.95. The van der Waals surface area contributed by atoms with E-state index in [4.69, 9.17) is 21.6 Å². The van der Waals surface area contributed by atoms with Crippen LogP contribution in [0.4, 0.5) is 11.4 Å². The number of nitrogens with zero attached hydrogens (tertiary/aromatic N) is 1. The topological polar surface area (TPSA) is 45.0 Å². The zero-order chi connectivity index (χ0) is 14.7. The van der Waals surface area contributed by atoms with E-state index in [2.05, 4.69) is 37.2 Å². The van der Waals surface area contributed by atoms with E-state index in [9.17, 15) is 0 Å². The van der Waals surface area contributed by atoms with Crippen LogP contribution >= 0.6 is 43.5 Å². The van der Waals surface area contributed by atoms with Crippen LogP contribution in [-0.2, 0) is 0 Å². The van der Waals surface area contributed by atoms with E-state index < -0.39 is 0 Å². The number of benzene rings is 2. The first-order valence-electron chi connectivity index (χ1n) is 5.55. The van der Waals surface area contributed by atoms with Crippen LogP contribution < -0.4 is 10.1 Å². The molecule has 0 aromatic heterocycles. The fourth-order valence-electron chi connectivity index (χ4n) is 1.61. The molecule has 0 fully saturated rings. The van der Waals surface area contributed by atoms with Crippen molar-refractivity contribution in [3.63, 3.8) is 0 Å². The van der Waals surface area contributed by atoms with Crippen LogP contribution in [0.5, 0.6) is 5.75 Å². The van der Waals surface area contributed by atoms with Crippen molar-refractivity contribution in [1.82, 2.24) is 0 Å². The third-order valence-corrected chi connectivity index (χ3v) is 4.20. The molecule has 102 valence electrons. The Balaban J connectivity index is 2.37. The molecule has 0 spiro atoms. The Morgan fingerprint density at radius 2 is 1.90 bits per heavy atom. The van der Waals surface area contributed by atoms with Crippen molar-refractivity contribution in [1.29, 1.82) is 5.26 Å². The number of methoxy groups -OCH3 is 1. The minimum Gasteiger partial charge on any atom is -0.495 e. The summed E-state index contributed by atoms with van der Waals surface area (Å²) in [6.45, 7) is 0. The maximum Gasteiger partial charge on any atom is 0.135 e. The van der Waals surface area contributed by atoms with Gasteiger partial charge >= 0.3 is 0 Å². The quantitative estimate of drug-likeness (QED) is 0.720. The molecule has 0 bridgehead atoms. The van der Waals surface area contributed by atoms with Crippen LogP contribution in [0.25, 0.3) is 0 Å². The van der Waals surface area contributed by atoms with Gasteiger partial charge in [-0.05, 0) is 56.1 Å². The van der Waals surface area contributed by atoms with Crippen molar-refractivity contribution in [2.45, 2.75) is 0 Å². The second-order valence-corrected chi connectivity index (χ2v) is 6.01. The molecular formula is C14H9Br2ClN2O. The minimum absolute atomic E-state index is 0.484. The minimum atomic E-state index is 0.484. The summed E-state index contributed by atoms with van der Waals surface area (Å²) in [6.07, 6.45) is 0. The summed E-state index contributed by atoms with van der Waals surface area (Å²) in [7, 11) is 1.60. The zero-order valence-electron chi connectivity index (χ0n) is 10.4. The van der Waals surface area contributed by atoms with E-state index in [1.165, 1.54) is 0 Å². The van der Waals surface area contributed by atoms with Crippen molar-refractivity contribution >= 4 is 54.8 Å². The Kier molecular flexibility index (Phi) is 4.92. The average Bonchev–Trinajstić information content (AvgIpc) is 2.43. The molecule has 6 heteroatoms. The molecule has 20 heavy (non-hydrogen) atoms. The van der Waals surface area contributed by atoms with E-state index >= 15 is 0 Å². The lowest BCUT2D eigenvalue weighted by Gasteiger charge is -2.13. The number of nitrogens with one attached hydrogen (secondary N) is 1. The highest BCUT2D eigenvalue weighted by Crippen LogP contribution is 2.37. The second kappa shape index (κ2) is 6.49. The van der Waals surface area contributed by atoms with Gasteiger partial charge in [0.15, 0.2) is 0 Å². The average molecular weight is 416 g/mol. The van der Waals surface area contributed by atoms with Gasteiger partial charge in [-0.25, -0.2) is 0 Å². The normalized spacial score (nSPS) is 9.95. The predicted molar refractivity (Wildman–Crippen MR) is 87.8 cm³/mol. The molecule has 3 nitrogen and oxygen atoms in total. The molecule has 2 aromatic carbocycles. The first-order chi connectivity index (χ1) is 9.55. The summed E-state index contributed by atoms with van der Waals surface area (Å²) < 4.78 is 6.98. The van der Waals surface area contributed by atoms with E-state index in [-0.39, 0.29) is 0 Å². The monoisotopic (exact) mass is 414 g/mol. The number of nitriles is 1. The van der Waals surface area contributed by atoms with Gasteiger partial charge in [0.2, 0.25) is 0 Å². The highest BCUT2D eigenvalue weighted by Gasteiger charge is 2.09. The maximum absolute atomic E-state index is 8.83. The van der Waals surface area contributed by atoms with Crippen molar-refractivity contribution in [3.8, 4) is 11.8 Å². The Morgan fingerprint density at radius 3 is 2.50 bits per heavy atom. The Hall–Kier alpha value is -1.22. The van der Waals surface area contributed by atoms with Gasteiger partial charge in [-0.15, -0.1) is 0 Å². The van der Waals surface area contributed by atoms with Gasteiger partial charge in [-0.3, -0.25) is 0 Å². The van der Waals surface area contributed by atoms with E-state index in [1.807, 2.05) is 18.2 Å². The van der Waals surface area contributed by atoms with Gasteiger partial charge in [-0.1, -0.05) is 11.6 Å². The van der Waals surface area contributed by atoms with Crippen molar-refractivity contribution < 1.29 is 4.74 Å². The molecule has 2 rings (SSSR count). The Labute approximate surface area is 138 Å². The molecule has 0 saturated heterocycles. The van der Waals surface area contributed by atoms with E-state index in [0.717, 1.165) is 20.3 Å². The summed E-state index contributed by atoms with van der Waals surface area (Å²) in [5.41, 5.74) is 2.06. The summed E-state index contributed by atoms with van der Waals surface area (Å²) in [5, 5.41) is 12.5. The first-order valence-corrected chi connectivity index (χ1v) is 7.51. The summed E-state index contributed by atoms with van der Waals surface area (Å²) in [6, 6.07) is 10.9. The third kappa shape index (κ3) is 3.26. The van der Waals surface area contributed by atoms with Crippen LogP contribution in [0.1, 0.15) is 5.56 Å². The largest absolute Gasteiger partial charge is 0.495 e. The van der Waals surface area contributed by atoms with Crippen molar-refractivity contribution in [2.24, 2.45) is 0 Å². The second-order valence-electron chi connectivity index (χ2n) is 3.90. The van der Waals surface area contributed by atoms with E-state index in [1.54, 1.807) is 25.3 Å². The molecule has 0 amide bonds. The predicted octanol–water partition coefficient (Wildman–Crippen LogP) is 5.49. The van der Waals surface area contributed by atoms with Crippen LogP contribution in [-0.4, -0.2) is 7.11 Å². The molecule has 0 aliphatic rings. The fourth-order valence-corrected chi connectivity index (χ4v) is 3.10. The first kappa shape index (κ1) is 15.2. The molecule has 0 saturated carbocycles. The van der Waals surface area contributed by atoms with E-state index in [0.29, 0.717) is 16.3 Å². The number of hydrogen-bond acceptors (Lipinski definition) is 3. The molecule has 0 heterocycles. The number of ether oxygens (including phenoxy) is 1. The fraction of sp³-hybridized carbons (Fsp3) is 0.0714. The highest BCUT2D eigenvalue weighted by atomic mass is 79.9. The summed E-state index contributed by atoms with van der Waals surface area (Å²) >= 11 is 13.0. The van der Waals surface area contributed by atoms with Gasteiger partial charge in [-0.2, -0.15) is 5.26 Å². The van der Waals surface area contributed by atoms with Gasteiger partial charge in [0.1, 0.15) is 5.75 Å². The van der Waals surface area contributed by atoms with Crippen molar-refractivity contribution in [3.05, 3.63) is 49.9 Å². The Morgan fingerprint density at radius 1 is 1.15 bits per heavy atom. The number of halogens is 3. The molecule has 0 aliphatic carbocycles. The molecule has 0 atom stereocenters. The van der Waals surface area contributed by atoms with Crippen LogP contribution in [0.3, 0.4) is 0 Å². The standard InChI is InChI=1S/C14H9Br2ClN2O/c1-20-14-6-13(9(15)5-10(14)16)19-12-3-2-8(7-18)4-11(12)17/h2-6,19H,1H3. The van der Waals surface area contributed by atoms with Gasteiger partial charge < -0.3 is 10.1 Å². The molecule has 0 unspecified atom stereocenters. The third-order valence-electron chi connectivity index (χ3n) is 2.61. The lowest BCUT2D eigenvalue weighted by atomic mass is 10.2. The molecule has 1 N–H and O–H groups in total. The number of rotatable bonds is 3. The zero-order valence-corrected chi connectivity index (χ0v) is 14.3.